The van der Waals surface area contributed by atoms with Gasteiger partial charge in [0.2, 0.25) is 0 Å². The molecule has 0 saturated heterocycles. The molecule has 4 rings (SSSR count). The zero-order valence-corrected chi connectivity index (χ0v) is 22.9. The topological polar surface area (TPSA) is 0 Å². The zero-order chi connectivity index (χ0) is 27.1. The van der Waals surface area contributed by atoms with Crippen LogP contribution in [0.5, 0.6) is 0 Å². The number of benzene rings is 3. The summed E-state index contributed by atoms with van der Waals surface area (Å²) < 4.78 is 57.2. The fraction of sp³-hybridized carbons (Fsp3) is 0.455. The van der Waals surface area contributed by atoms with Crippen molar-refractivity contribution in [2.24, 2.45) is 11.8 Å². The highest BCUT2D eigenvalue weighted by atomic mass is 35.5. The molecule has 5 heteroatoms. The Hall–Kier alpha value is -2.33. The van der Waals surface area contributed by atoms with Crippen LogP contribution in [0.3, 0.4) is 0 Å². The van der Waals surface area contributed by atoms with E-state index in [9.17, 15) is 17.6 Å². The minimum atomic E-state index is -1.05. The van der Waals surface area contributed by atoms with Crippen molar-refractivity contribution in [3.8, 4) is 11.1 Å². The van der Waals surface area contributed by atoms with E-state index in [1.807, 2.05) is 0 Å². The van der Waals surface area contributed by atoms with Gasteiger partial charge in [-0.1, -0.05) is 81.3 Å². The Labute approximate surface area is 229 Å². The second kappa shape index (κ2) is 13.6. The molecule has 1 aliphatic carbocycles. The highest BCUT2D eigenvalue weighted by Crippen LogP contribution is 2.35. The molecular formula is C33H37ClF4. The maximum atomic E-state index is 14.8. The highest BCUT2D eigenvalue weighted by Gasteiger charge is 2.22. The lowest BCUT2D eigenvalue weighted by molar-refractivity contribution is 0.253. The molecule has 0 unspecified atom stereocenters. The van der Waals surface area contributed by atoms with Crippen LogP contribution in [-0.2, 0) is 19.3 Å². The van der Waals surface area contributed by atoms with Crippen LogP contribution < -0.4 is 0 Å². The Balaban J connectivity index is 1.23. The Morgan fingerprint density at radius 1 is 0.632 bits per heavy atom. The molecule has 1 saturated carbocycles. The summed E-state index contributed by atoms with van der Waals surface area (Å²) in [6, 6.07) is 13.4. The lowest BCUT2D eigenvalue weighted by atomic mass is 9.77. The number of halogens is 5. The van der Waals surface area contributed by atoms with Gasteiger partial charge in [0.15, 0.2) is 0 Å². The molecule has 1 aliphatic rings. The number of aryl methyl sites for hydroxylation is 3. The van der Waals surface area contributed by atoms with E-state index in [1.165, 1.54) is 68.2 Å². The van der Waals surface area contributed by atoms with Crippen molar-refractivity contribution in [3.63, 3.8) is 0 Å². The van der Waals surface area contributed by atoms with Crippen LogP contribution in [0.25, 0.3) is 11.1 Å². The summed E-state index contributed by atoms with van der Waals surface area (Å²) in [6.45, 7) is 2.23. The molecule has 0 heterocycles. The van der Waals surface area contributed by atoms with E-state index < -0.39 is 33.9 Å². The molecular weight excluding hydrogens is 508 g/mol. The maximum Gasteiger partial charge on any atom is 0.145 e. The fourth-order valence-electron chi connectivity index (χ4n) is 5.75. The van der Waals surface area contributed by atoms with Crippen LogP contribution in [0.1, 0.15) is 81.4 Å². The molecule has 0 atom stereocenters. The molecule has 0 N–H and O–H groups in total. The first-order chi connectivity index (χ1) is 18.3. The van der Waals surface area contributed by atoms with Gasteiger partial charge in [-0.05, 0) is 96.9 Å². The summed E-state index contributed by atoms with van der Waals surface area (Å²) in [5.41, 5.74) is 2.79. The Bertz CT molecular complexity index is 1150. The third kappa shape index (κ3) is 7.62. The summed E-state index contributed by atoms with van der Waals surface area (Å²) in [5.74, 6) is -2.44. The zero-order valence-electron chi connectivity index (χ0n) is 22.1. The molecule has 38 heavy (non-hydrogen) atoms. The number of rotatable bonds is 11. The third-order valence-corrected chi connectivity index (χ3v) is 8.48. The lowest BCUT2D eigenvalue weighted by Gasteiger charge is -2.28. The van der Waals surface area contributed by atoms with Gasteiger partial charge in [0, 0.05) is 0 Å². The van der Waals surface area contributed by atoms with E-state index in [-0.39, 0.29) is 5.56 Å². The van der Waals surface area contributed by atoms with Gasteiger partial charge in [0.25, 0.3) is 0 Å². The molecule has 0 aliphatic heterocycles. The van der Waals surface area contributed by atoms with E-state index in [4.69, 9.17) is 11.6 Å². The van der Waals surface area contributed by atoms with Crippen molar-refractivity contribution in [2.45, 2.75) is 84.0 Å². The van der Waals surface area contributed by atoms with Crippen molar-refractivity contribution in [2.75, 3.05) is 0 Å². The van der Waals surface area contributed by atoms with E-state index in [1.54, 1.807) is 0 Å². The SMILES string of the molecule is CCCCCc1ccc(CC[C@H]2CC[C@H](CCc3cc(F)c(-c4cc(F)c(Cl)c(F)c4)c(F)c3)CC2)cc1. The predicted molar refractivity (Wildman–Crippen MR) is 148 cm³/mol. The van der Waals surface area contributed by atoms with Crippen molar-refractivity contribution < 1.29 is 17.6 Å². The summed E-state index contributed by atoms with van der Waals surface area (Å²) in [6.07, 6.45) is 13.5. The first-order valence-electron chi connectivity index (χ1n) is 14.0. The smallest absolute Gasteiger partial charge is 0.145 e. The van der Waals surface area contributed by atoms with E-state index in [0.29, 0.717) is 17.9 Å². The normalized spacial score (nSPS) is 17.6. The second-order valence-corrected chi connectivity index (χ2v) is 11.3. The van der Waals surface area contributed by atoms with Gasteiger partial charge in [-0.25, -0.2) is 17.6 Å². The van der Waals surface area contributed by atoms with Crippen LogP contribution in [0, 0.1) is 35.1 Å². The molecule has 1 fully saturated rings. The van der Waals surface area contributed by atoms with Gasteiger partial charge in [0.1, 0.15) is 28.3 Å². The molecule has 3 aromatic rings. The number of unbranched alkanes of at least 4 members (excludes halogenated alkanes) is 2. The fourth-order valence-corrected chi connectivity index (χ4v) is 5.86. The molecule has 0 spiro atoms. The van der Waals surface area contributed by atoms with Crippen molar-refractivity contribution >= 4 is 11.6 Å². The van der Waals surface area contributed by atoms with Crippen molar-refractivity contribution in [1.29, 1.82) is 0 Å². The van der Waals surface area contributed by atoms with E-state index >= 15 is 0 Å². The van der Waals surface area contributed by atoms with E-state index in [2.05, 4.69) is 31.2 Å². The van der Waals surface area contributed by atoms with Gasteiger partial charge in [-0.3, -0.25) is 0 Å². The average molecular weight is 545 g/mol. The minimum absolute atomic E-state index is 0.202. The van der Waals surface area contributed by atoms with Gasteiger partial charge in [-0.2, -0.15) is 0 Å². The summed E-state index contributed by atoms with van der Waals surface area (Å²) in [7, 11) is 0. The van der Waals surface area contributed by atoms with Gasteiger partial charge in [-0.15, -0.1) is 0 Å². The van der Waals surface area contributed by atoms with Crippen LogP contribution in [0.2, 0.25) is 5.02 Å². The monoisotopic (exact) mass is 544 g/mol. The van der Waals surface area contributed by atoms with E-state index in [0.717, 1.165) is 43.7 Å². The largest absolute Gasteiger partial charge is 0.206 e. The standard InChI is InChI=1S/C33H37ClF4/c1-2-3-4-5-22-6-8-23(9-7-22)10-11-24-12-14-25(15-13-24)16-17-26-18-28(35)32(29(36)19-26)27-20-30(37)33(34)31(38)21-27/h6-9,18-21,24-25H,2-5,10-17H2,1H3/t24-,25-. The molecule has 0 bridgehead atoms. The Kier molecular flexibility index (Phi) is 10.3. The molecule has 0 amide bonds. The van der Waals surface area contributed by atoms with Gasteiger partial charge in [0.05, 0.1) is 5.56 Å². The molecule has 0 radical (unpaired) electrons. The van der Waals surface area contributed by atoms with Gasteiger partial charge >= 0.3 is 0 Å². The third-order valence-electron chi connectivity index (χ3n) is 8.12. The summed E-state index contributed by atoms with van der Waals surface area (Å²) in [4.78, 5) is 0. The molecule has 0 aromatic heterocycles. The first-order valence-corrected chi connectivity index (χ1v) is 14.4. The Morgan fingerprint density at radius 2 is 1.11 bits per heavy atom. The van der Waals surface area contributed by atoms with Crippen molar-refractivity contribution in [1.82, 2.24) is 0 Å². The highest BCUT2D eigenvalue weighted by molar-refractivity contribution is 6.31. The first kappa shape index (κ1) is 28.7. The maximum absolute atomic E-state index is 14.8. The summed E-state index contributed by atoms with van der Waals surface area (Å²) >= 11 is 5.50. The predicted octanol–water partition coefficient (Wildman–Crippen LogP) is 10.7. The lowest BCUT2D eigenvalue weighted by Crippen LogP contribution is -2.16. The number of hydrogen-bond acceptors (Lipinski definition) is 0. The number of hydrogen-bond donors (Lipinski definition) is 0. The molecule has 0 nitrogen and oxygen atoms in total. The van der Waals surface area contributed by atoms with Crippen molar-refractivity contribution in [3.05, 3.63) is 93.5 Å². The molecule has 204 valence electrons. The van der Waals surface area contributed by atoms with Crippen LogP contribution in [0.4, 0.5) is 17.6 Å². The average Bonchev–Trinajstić information content (AvgIpc) is 2.90. The van der Waals surface area contributed by atoms with Crippen LogP contribution in [-0.4, -0.2) is 0 Å². The van der Waals surface area contributed by atoms with Crippen LogP contribution >= 0.6 is 11.6 Å². The Morgan fingerprint density at radius 3 is 1.61 bits per heavy atom. The van der Waals surface area contributed by atoms with Crippen LogP contribution in [0.15, 0.2) is 48.5 Å². The minimum Gasteiger partial charge on any atom is -0.206 e. The molecule has 3 aromatic carbocycles. The quantitative estimate of drug-likeness (QED) is 0.128. The van der Waals surface area contributed by atoms with Gasteiger partial charge < -0.3 is 0 Å². The summed E-state index contributed by atoms with van der Waals surface area (Å²) in [5, 5.41) is -0.687. The second-order valence-electron chi connectivity index (χ2n) is 10.9.